The third-order valence-corrected chi connectivity index (χ3v) is 2.13. The molecule has 0 atom stereocenters. The van der Waals surface area contributed by atoms with Crippen LogP contribution in [0.15, 0.2) is 66.8 Å². The van der Waals surface area contributed by atoms with Gasteiger partial charge in [-0.05, 0) is 24.3 Å². The predicted octanol–water partition coefficient (Wildman–Crippen LogP) is 3.78. The van der Waals surface area contributed by atoms with E-state index in [1.807, 2.05) is 50.2 Å². The summed E-state index contributed by atoms with van der Waals surface area (Å²) in [5.41, 5.74) is 0.387. The van der Waals surface area contributed by atoms with E-state index < -0.39 is 5.97 Å². The number of hydrogen-bond acceptors (Lipinski definition) is 3. The minimum absolute atomic E-state index is 0. The van der Waals surface area contributed by atoms with E-state index in [-0.39, 0.29) is 16.5 Å². The molecule has 2 heterocycles. The number of aromatic nitrogens is 2. The second-order valence-corrected chi connectivity index (χ2v) is 3.72. The summed E-state index contributed by atoms with van der Waals surface area (Å²) in [7, 11) is 0. The molecule has 0 unspecified atom stereocenters. The van der Waals surface area contributed by atoms with E-state index in [0.717, 1.165) is 0 Å². The van der Waals surface area contributed by atoms with Gasteiger partial charge in [-0.25, -0.2) is 0 Å². The van der Waals surface area contributed by atoms with E-state index >= 15 is 0 Å². The number of carboxylic acids is 1. The van der Waals surface area contributed by atoms with Crippen molar-refractivity contribution in [1.82, 2.24) is 9.97 Å². The Bertz CT molecular complexity index is 406. The first-order chi connectivity index (χ1) is 10.2. The molecule has 2 aromatic rings. The largest absolute Gasteiger partial charge is 0.562 e. The zero-order chi connectivity index (χ0) is 15.8. The van der Waals surface area contributed by atoms with Gasteiger partial charge >= 0.3 is 0 Å². The second kappa shape index (κ2) is 17.1. The first-order valence-corrected chi connectivity index (χ1v) is 6.75. The van der Waals surface area contributed by atoms with Gasteiger partial charge in [-0.2, -0.15) is 0 Å². The molecule has 1 N–H and O–H groups in total. The quantitative estimate of drug-likeness (QED) is 0.523. The van der Waals surface area contributed by atoms with E-state index in [1.165, 1.54) is 0 Å². The Kier molecular flexibility index (Phi) is 17.3. The van der Waals surface area contributed by atoms with Crippen molar-refractivity contribution in [2.45, 2.75) is 26.7 Å². The van der Waals surface area contributed by atoms with Gasteiger partial charge in [0.15, 0.2) is 5.97 Å². The van der Waals surface area contributed by atoms with E-state index in [4.69, 9.17) is 5.11 Å². The number of aliphatic carboxylic acids is 1. The van der Waals surface area contributed by atoms with Gasteiger partial charge in [0.25, 0.3) is 0 Å². The summed E-state index contributed by atoms with van der Waals surface area (Å²) in [6.45, 7) is 3.69. The van der Waals surface area contributed by atoms with E-state index in [0.29, 0.717) is 18.4 Å². The van der Waals surface area contributed by atoms with E-state index in [9.17, 15) is 4.79 Å². The second-order valence-electron chi connectivity index (χ2n) is 3.72. The molecule has 0 amide bonds. The molecule has 0 aliphatic carbocycles. The Labute approximate surface area is 142 Å². The molecule has 4 nitrogen and oxygen atoms in total. The van der Waals surface area contributed by atoms with Gasteiger partial charge in [0.05, 0.1) is 0 Å². The number of rotatable bonds is 3. The average Bonchev–Trinajstić information content (AvgIpc) is 2.57. The molecular formula is C17H21N2NiO2-. The van der Waals surface area contributed by atoms with Crippen molar-refractivity contribution in [2.24, 2.45) is 0 Å². The maximum Gasteiger partial charge on any atom is 0.168 e. The molecule has 0 radical (unpaired) electrons. The number of carbonyl (C=O) groups is 1. The minimum Gasteiger partial charge on any atom is -0.562 e. The van der Waals surface area contributed by atoms with Crippen LogP contribution in [0, 0.1) is 6.08 Å². The molecule has 5 heteroatoms. The zero-order valence-corrected chi connectivity index (χ0v) is 13.7. The maximum atomic E-state index is 10.2. The molecule has 22 heavy (non-hydrogen) atoms. The van der Waals surface area contributed by atoms with Crippen LogP contribution in [-0.2, 0) is 21.3 Å². The molecule has 122 valence electrons. The molecular weight excluding hydrogens is 323 g/mol. The summed E-state index contributed by atoms with van der Waals surface area (Å²) < 4.78 is 0. The molecule has 0 aromatic carbocycles. The van der Waals surface area contributed by atoms with Gasteiger partial charge in [0.2, 0.25) is 0 Å². The first-order valence-electron chi connectivity index (χ1n) is 6.75. The van der Waals surface area contributed by atoms with Crippen LogP contribution in [0.5, 0.6) is 0 Å². The van der Waals surface area contributed by atoms with Crippen molar-refractivity contribution in [2.75, 3.05) is 0 Å². The van der Waals surface area contributed by atoms with Crippen LogP contribution in [0.2, 0.25) is 0 Å². The summed E-state index contributed by atoms with van der Waals surface area (Å²) in [5, 5.41) is 8.40. The Morgan fingerprint density at radius 3 is 1.41 bits per heavy atom. The van der Waals surface area contributed by atoms with Crippen LogP contribution < -0.4 is 0 Å². The standard InChI is InChI=1S/C7H11O2.2C5H5N.Ni/c1-3-5-6(4-2)7(8)9;2*1-2-4-6-5-3-1;/h3-4H2,1-2H3,(H,8,9);2*1-5H;/q-1;;;. The van der Waals surface area contributed by atoms with E-state index in [2.05, 4.69) is 16.0 Å². The summed E-state index contributed by atoms with van der Waals surface area (Å²) in [4.78, 5) is 17.8. The first kappa shape index (κ1) is 22.3. The molecule has 2 rings (SSSR count). The summed E-state index contributed by atoms with van der Waals surface area (Å²) >= 11 is 0. The fourth-order valence-electron chi connectivity index (χ4n) is 1.19. The summed E-state index contributed by atoms with van der Waals surface area (Å²) in [5.74, 6) is -0.848. The molecule has 0 spiro atoms. The van der Waals surface area contributed by atoms with Crippen LogP contribution in [0.1, 0.15) is 26.7 Å². The van der Waals surface area contributed by atoms with Crippen molar-refractivity contribution >= 4 is 5.97 Å². The van der Waals surface area contributed by atoms with Crippen LogP contribution >= 0.6 is 0 Å². The average molecular weight is 344 g/mol. The number of hydrogen-bond donors (Lipinski definition) is 1. The van der Waals surface area contributed by atoms with Gasteiger partial charge in [-0.15, -0.1) is 12.0 Å². The van der Waals surface area contributed by atoms with Gasteiger partial charge < -0.3 is 9.90 Å². The van der Waals surface area contributed by atoms with Crippen molar-refractivity contribution in [3.8, 4) is 0 Å². The third-order valence-electron chi connectivity index (χ3n) is 2.13. The van der Waals surface area contributed by atoms with Gasteiger partial charge in [0, 0.05) is 41.3 Å². The van der Waals surface area contributed by atoms with Crippen molar-refractivity contribution in [1.29, 1.82) is 0 Å². The van der Waals surface area contributed by atoms with Gasteiger partial charge in [-0.1, -0.05) is 32.4 Å². The van der Waals surface area contributed by atoms with Crippen LogP contribution in [0.25, 0.3) is 0 Å². The van der Waals surface area contributed by atoms with Crippen molar-refractivity contribution in [3.63, 3.8) is 0 Å². The molecule has 2 aromatic heterocycles. The SMILES string of the molecule is CC[C-]=C(CC)C(=O)O.[Ni].c1ccncc1.c1ccncc1. The van der Waals surface area contributed by atoms with Gasteiger partial charge in [-0.3, -0.25) is 16.0 Å². The van der Waals surface area contributed by atoms with Crippen LogP contribution in [0.3, 0.4) is 0 Å². The summed E-state index contributed by atoms with van der Waals surface area (Å²) in [6, 6.07) is 11.4. The fraction of sp³-hybridized carbons (Fsp3) is 0.235. The van der Waals surface area contributed by atoms with Gasteiger partial charge in [0.1, 0.15) is 0 Å². The maximum absolute atomic E-state index is 10.2. The van der Waals surface area contributed by atoms with E-state index in [1.54, 1.807) is 24.8 Å². The summed E-state index contributed by atoms with van der Waals surface area (Å²) in [6.07, 6.45) is 11.0. The monoisotopic (exact) mass is 343 g/mol. The molecule has 0 fully saturated rings. The Hall–Kier alpha value is -2.00. The molecule has 0 saturated carbocycles. The van der Waals surface area contributed by atoms with Crippen LogP contribution in [0.4, 0.5) is 0 Å². The van der Waals surface area contributed by atoms with Crippen molar-refractivity contribution in [3.05, 3.63) is 72.8 Å². The van der Waals surface area contributed by atoms with Crippen molar-refractivity contribution < 1.29 is 26.4 Å². The van der Waals surface area contributed by atoms with Crippen LogP contribution in [-0.4, -0.2) is 21.0 Å². The normalized spacial score (nSPS) is 9.09. The smallest absolute Gasteiger partial charge is 0.168 e. The Balaban J connectivity index is 0. The number of carboxylic acid groups (broad SMARTS) is 1. The topological polar surface area (TPSA) is 63.1 Å². The molecule has 0 aliphatic rings. The number of pyridine rings is 2. The Morgan fingerprint density at radius 1 is 0.909 bits per heavy atom. The zero-order valence-electron chi connectivity index (χ0n) is 12.8. The molecule has 0 bridgehead atoms. The minimum atomic E-state index is -0.848. The Morgan fingerprint density at radius 2 is 1.32 bits per heavy atom. The number of nitrogens with zero attached hydrogens (tertiary/aromatic N) is 2. The molecule has 0 aliphatic heterocycles. The number of allylic oxidation sites excluding steroid dienone is 1. The predicted molar refractivity (Wildman–Crippen MR) is 83.4 cm³/mol. The third kappa shape index (κ3) is 14.4. The molecule has 0 saturated heterocycles. The fourth-order valence-corrected chi connectivity index (χ4v) is 1.19.